The Morgan fingerprint density at radius 1 is 1.05 bits per heavy atom. The van der Waals surface area contributed by atoms with E-state index in [1.807, 2.05) is 41.5 Å². The van der Waals surface area contributed by atoms with Crippen LogP contribution in [0.1, 0.15) is 47.4 Å². The van der Waals surface area contributed by atoms with Gasteiger partial charge in [0.05, 0.1) is 12.2 Å². The van der Waals surface area contributed by atoms with Crippen LogP contribution in [0, 0.1) is 0 Å². The minimum absolute atomic E-state index is 0.157. The highest BCUT2D eigenvalue weighted by molar-refractivity contribution is 5.34. The molecule has 2 N–H and O–H groups in total. The average Bonchev–Trinajstić information content (AvgIpc) is 2.21. The van der Waals surface area contributed by atoms with Gasteiger partial charge in [0.2, 0.25) is 5.88 Å². The summed E-state index contributed by atoms with van der Waals surface area (Å²) >= 11 is 0. The molecule has 1 aromatic heterocycles. The molecular formula is C14H25N3O2. The lowest BCUT2D eigenvalue weighted by molar-refractivity contribution is -0.0168. The van der Waals surface area contributed by atoms with Gasteiger partial charge in [0.15, 0.2) is 0 Å². The average molecular weight is 267 g/mol. The molecule has 5 nitrogen and oxygen atoms in total. The first-order chi connectivity index (χ1) is 8.58. The van der Waals surface area contributed by atoms with Gasteiger partial charge >= 0.3 is 0 Å². The molecule has 0 amide bonds. The van der Waals surface area contributed by atoms with E-state index in [1.165, 1.54) is 0 Å². The standard InChI is InChI=1S/C14H25N3O2/c1-13(2,3)12-16-10(15)9-11(17-12)18-7-8-19-14(4,5)6/h9H,7-8H2,1-6H3,(H2,15,16,17). The van der Waals surface area contributed by atoms with Gasteiger partial charge in [0.1, 0.15) is 18.2 Å². The third-order valence-electron chi connectivity index (χ3n) is 2.26. The lowest BCUT2D eigenvalue weighted by Gasteiger charge is -2.20. The highest BCUT2D eigenvalue weighted by Crippen LogP contribution is 2.22. The van der Waals surface area contributed by atoms with E-state index in [1.54, 1.807) is 6.07 Å². The third kappa shape index (κ3) is 5.87. The van der Waals surface area contributed by atoms with Crippen LogP contribution < -0.4 is 10.5 Å². The molecule has 0 aliphatic heterocycles. The largest absolute Gasteiger partial charge is 0.475 e. The first-order valence-electron chi connectivity index (χ1n) is 6.50. The number of hydrogen-bond acceptors (Lipinski definition) is 5. The predicted octanol–water partition coefficient (Wildman–Crippen LogP) is 2.55. The Bertz CT molecular complexity index is 420. The van der Waals surface area contributed by atoms with Gasteiger partial charge < -0.3 is 15.2 Å². The van der Waals surface area contributed by atoms with Crippen LogP contribution in [0.25, 0.3) is 0 Å². The molecule has 0 saturated carbocycles. The van der Waals surface area contributed by atoms with Crippen molar-refractivity contribution in [1.29, 1.82) is 0 Å². The van der Waals surface area contributed by atoms with Crippen molar-refractivity contribution < 1.29 is 9.47 Å². The van der Waals surface area contributed by atoms with Crippen LogP contribution in [0.5, 0.6) is 5.88 Å². The molecule has 0 aliphatic carbocycles. The van der Waals surface area contributed by atoms with Crippen molar-refractivity contribution in [3.8, 4) is 5.88 Å². The van der Waals surface area contributed by atoms with Gasteiger partial charge in [-0.3, -0.25) is 0 Å². The summed E-state index contributed by atoms with van der Waals surface area (Å²) in [5.74, 6) is 1.60. The van der Waals surface area contributed by atoms with Crippen molar-refractivity contribution in [2.24, 2.45) is 0 Å². The van der Waals surface area contributed by atoms with E-state index >= 15 is 0 Å². The molecule has 0 fully saturated rings. The summed E-state index contributed by atoms with van der Waals surface area (Å²) in [4.78, 5) is 8.60. The van der Waals surface area contributed by atoms with Crippen LogP contribution in [-0.2, 0) is 10.2 Å². The van der Waals surface area contributed by atoms with E-state index in [4.69, 9.17) is 15.2 Å². The SMILES string of the molecule is CC(C)(C)OCCOc1cc(N)nc(C(C)(C)C)n1. The molecule has 0 saturated heterocycles. The van der Waals surface area contributed by atoms with Crippen LogP contribution in [-0.4, -0.2) is 28.8 Å². The van der Waals surface area contributed by atoms with Crippen molar-refractivity contribution in [2.45, 2.75) is 52.6 Å². The third-order valence-corrected chi connectivity index (χ3v) is 2.26. The van der Waals surface area contributed by atoms with E-state index in [0.29, 0.717) is 30.7 Å². The fourth-order valence-corrected chi connectivity index (χ4v) is 1.35. The van der Waals surface area contributed by atoms with Gasteiger partial charge in [-0.25, -0.2) is 4.98 Å². The Hall–Kier alpha value is -1.36. The number of rotatable bonds is 4. The molecule has 19 heavy (non-hydrogen) atoms. The first-order valence-corrected chi connectivity index (χ1v) is 6.50. The van der Waals surface area contributed by atoms with Crippen LogP contribution in [0.4, 0.5) is 5.82 Å². The predicted molar refractivity (Wildman–Crippen MR) is 76.3 cm³/mol. The molecule has 1 heterocycles. The normalized spacial score (nSPS) is 12.5. The molecule has 0 bridgehead atoms. The van der Waals surface area contributed by atoms with E-state index in [-0.39, 0.29) is 11.0 Å². The number of nitrogen functional groups attached to an aromatic ring is 1. The summed E-state index contributed by atoms with van der Waals surface area (Å²) in [7, 11) is 0. The fraction of sp³-hybridized carbons (Fsp3) is 0.714. The van der Waals surface area contributed by atoms with E-state index in [0.717, 1.165) is 0 Å². The highest BCUT2D eigenvalue weighted by atomic mass is 16.5. The van der Waals surface area contributed by atoms with Crippen molar-refractivity contribution in [2.75, 3.05) is 18.9 Å². The first kappa shape index (κ1) is 15.7. The second-order valence-electron chi connectivity index (χ2n) is 6.51. The minimum Gasteiger partial charge on any atom is -0.475 e. The number of ether oxygens (including phenoxy) is 2. The number of hydrogen-bond donors (Lipinski definition) is 1. The van der Waals surface area contributed by atoms with Crippen molar-refractivity contribution in [3.63, 3.8) is 0 Å². The number of anilines is 1. The van der Waals surface area contributed by atoms with E-state index in [2.05, 4.69) is 9.97 Å². The molecule has 1 aromatic rings. The lowest BCUT2D eigenvalue weighted by Crippen LogP contribution is -2.23. The Labute approximate surface area is 115 Å². The quantitative estimate of drug-likeness (QED) is 0.849. The summed E-state index contributed by atoms with van der Waals surface area (Å²) in [6.45, 7) is 13.1. The second kappa shape index (κ2) is 5.74. The smallest absolute Gasteiger partial charge is 0.218 e. The highest BCUT2D eigenvalue weighted by Gasteiger charge is 2.19. The zero-order valence-electron chi connectivity index (χ0n) is 12.8. The van der Waals surface area contributed by atoms with Gasteiger partial charge in [-0.05, 0) is 20.8 Å². The fourth-order valence-electron chi connectivity index (χ4n) is 1.35. The number of nitrogens with zero attached hydrogens (tertiary/aromatic N) is 2. The molecule has 0 atom stereocenters. The topological polar surface area (TPSA) is 70.3 Å². The summed E-state index contributed by atoms with van der Waals surface area (Å²) in [6.07, 6.45) is 0. The van der Waals surface area contributed by atoms with Crippen LogP contribution in [0.15, 0.2) is 6.07 Å². The summed E-state index contributed by atoms with van der Waals surface area (Å²) < 4.78 is 11.1. The molecule has 0 radical (unpaired) electrons. The monoisotopic (exact) mass is 267 g/mol. The van der Waals surface area contributed by atoms with Crippen molar-refractivity contribution in [3.05, 3.63) is 11.9 Å². The van der Waals surface area contributed by atoms with Gasteiger partial charge in [0.25, 0.3) is 0 Å². The molecule has 0 aromatic carbocycles. The molecule has 0 unspecified atom stereocenters. The summed E-state index contributed by atoms with van der Waals surface area (Å²) in [5.41, 5.74) is 5.45. The molecule has 0 aliphatic rings. The van der Waals surface area contributed by atoms with Gasteiger partial charge in [-0.2, -0.15) is 4.98 Å². The Morgan fingerprint density at radius 2 is 1.68 bits per heavy atom. The van der Waals surface area contributed by atoms with Crippen molar-refractivity contribution >= 4 is 5.82 Å². The maximum absolute atomic E-state index is 5.77. The lowest BCUT2D eigenvalue weighted by atomic mass is 9.96. The zero-order valence-corrected chi connectivity index (χ0v) is 12.8. The molecule has 0 spiro atoms. The van der Waals surface area contributed by atoms with Crippen LogP contribution in [0.3, 0.4) is 0 Å². The Kier molecular flexibility index (Phi) is 4.74. The Balaban J connectivity index is 2.62. The molecule has 5 heteroatoms. The summed E-state index contributed by atoms with van der Waals surface area (Å²) in [5, 5.41) is 0. The zero-order chi connectivity index (χ0) is 14.7. The van der Waals surface area contributed by atoms with Crippen molar-refractivity contribution in [1.82, 2.24) is 9.97 Å². The summed E-state index contributed by atoms with van der Waals surface area (Å²) in [6, 6.07) is 1.63. The Morgan fingerprint density at radius 3 is 2.21 bits per heavy atom. The van der Waals surface area contributed by atoms with Gasteiger partial charge in [-0.15, -0.1) is 0 Å². The molecular weight excluding hydrogens is 242 g/mol. The van der Waals surface area contributed by atoms with Gasteiger partial charge in [0, 0.05) is 11.5 Å². The molecule has 108 valence electrons. The second-order valence-corrected chi connectivity index (χ2v) is 6.51. The minimum atomic E-state index is -0.162. The number of nitrogens with two attached hydrogens (primary N) is 1. The molecule has 1 rings (SSSR count). The number of aromatic nitrogens is 2. The van der Waals surface area contributed by atoms with E-state index in [9.17, 15) is 0 Å². The maximum Gasteiger partial charge on any atom is 0.218 e. The van der Waals surface area contributed by atoms with E-state index < -0.39 is 0 Å². The van der Waals surface area contributed by atoms with Crippen LogP contribution in [0.2, 0.25) is 0 Å². The van der Waals surface area contributed by atoms with Crippen LogP contribution >= 0.6 is 0 Å². The maximum atomic E-state index is 5.77. The van der Waals surface area contributed by atoms with Gasteiger partial charge in [-0.1, -0.05) is 20.8 Å².